The Labute approximate surface area is 114 Å². The van der Waals surface area contributed by atoms with Gasteiger partial charge in [-0.25, -0.2) is 0 Å². The molecule has 0 bridgehead atoms. The van der Waals surface area contributed by atoms with Crippen molar-refractivity contribution in [1.29, 1.82) is 0 Å². The minimum absolute atomic E-state index is 0.304. The topological polar surface area (TPSA) is 75.3 Å². The van der Waals surface area contributed by atoms with E-state index < -0.39 is 0 Å². The minimum atomic E-state index is 0.304. The van der Waals surface area contributed by atoms with Crippen molar-refractivity contribution in [3.05, 3.63) is 11.7 Å². The summed E-state index contributed by atoms with van der Waals surface area (Å²) >= 11 is 0. The molecule has 0 saturated heterocycles. The third-order valence-corrected chi connectivity index (χ3v) is 3.11. The van der Waals surface area contributed by atoms with Crippen molar-refractivity contribution in [3.63, 3.8) is 0 Å². The Balaban J connectivity index is 1.68. The molecule has 0 atom stereocenters. The van der Waals surface area contributed by atoms with Crippen molar-refractivity contribution in [3.8, 4) is 0 Å². The Morgan fingerprint density at radius 1 is 1.42 bits per heavy atom. The molecule has 0 spiro atoms. The van der Waals surface area contributed by atoms with Crippen molar-refractivity contribution in [1.82, 2.24) is 20.8 Å². The van der Waals surface area contributed by atoms with Gasteiger partial charge in [-0.1, -0.05) is 19.0 Å². The quantitative estimate of drug-likeness (QED) is 0.599. The summed E-state index contributed by atoms with van der Waals surface area (Å²) in [5.74, 6) is 3.43. The molecule has 1 saturated carbocycles. The fourth-order valence-corrected chi connectivity index (χ4v) is 1.68. The Morgan fingerprint density at radius 2 is 2.21 bits per heavy atom. The minimum Gasteiger partial charge on any atom is -0.356 e. The highest BCUT2D eigenvalue weighted by atomic mass is 16.5. The highest BCUT2D eigenvalue weighted by Gasteiger charge is 2.21. The Morgan fingerprint density at radius 3 is 2.79 bits per heavy atom. The van der Waals surface area contributed by atoms with Crippen molar-refractivity contribution in [2.45, 2.75) is 39.0 Å². The van der Waals surface area contributed by atoms with Crippen LogP contribution in [0.4, 0.5) is 0 Å². The van der Waals surface area contributed by atoms with Gasteiger partial charge in [0.25, 0.3) is 0 Å². The van der Waals surface area contributed by atoms with Crippen LogP contribution in [0.25, 0.3) is 0 Å². The average molecular weight is 265 g/mol. The summed E-state index contributed by atoms with van der Waals surface area (Å²) in [6.07, 6.45) is 3.39. The lowest BCUT2D eigenvalue weighted by atomic mass is 10.2. The molecule has 2 rings (SSSR count). The molecule has 19 heavy (non-hydrogen) atoms. The second kappa shape index (κ2) is 6.54. The normalized spacial score (nSPS) is 15.9. The van der Waals surface area contributed by atoms with Crippen molar-refractivity contribution in [2.24, 2.45) is 10.9 Å². The van der Waals surface area contributed by atoms with Gasteiger partial charge in [0.05, 0.1) is 0 Å². The molecule has 0 aromatic carbocycles. The molecule has 2 N–H and O–H groups in total. The fraction of sp³-hybridized carbons (Fsp3) is 0.769. The third-order valence-electron chi connectivity index (χ3n) is 3.11. The number of aromatic nitrogens is 2. The second-order valence-electron chi connectivity index (χ2n) is 5.27. The van der Waals surface area contributed by atoms with Gasteiger partial charge in [-0.3, -0.25) is 4.99 Å². The highest BCUT2D eigenvalue weighted by Crippen LogP contribution is 2.27. The highest BCUT2D eigenvalue weighted by molar-refractivity contribution is 5.79. The molecule has 1 aromatic rings. The summed E-state index contributed by atoms with van der Waals surface area (Å²) in [5, 5.41) is 10.5. The van der Waals surface area contributed by atoms with Crippen LogP contribution in [0.1, 0.15) is 44.3 Å². The van der Waals surface area contributed by atoms with E-state index in [1.807, 2.05) is 0 Å². The zero-order chi connectivity index (χ0) is 13.7. The number of aliphatic imine (C=N–C) groups is 1. The molecule has 106 valence electrons. The number of nitrogens with zero attached hydrogens (tertiary/aromatic N) is 3. The Kier molecular flexibility index (Phi) is 4.76. The summed E-state index contributed by atoms with van der Waals surface area (Å²) in [7, 11) is 1.78. The molecular formula is C13H23N5O. The number of hydrogen-bond acceptors (Lipinski definition) is 4. The molecule has 6 heteroatoms. The monoisotopic (exact) mass is 265 g/mol. The van der Waals surface area contributed by atoms with Gasteiger partial charge >= 0.3 is 0 Å². The zero-order valence-electron chi connectivity index (χ0n) is 11.9. The number of hydrogen-bond donors (Lipinski definition) is 2. The maximum Gasteiger partial charge on any atom is 0.228 e. The van der Waals surface area contributed by atoms with E-state index in [4.69, 9.17) is 4.52 Å². The first-order chi connectivity index (χ1) is 9.19. The molecule has 1 aromatic heterocycles. The number of rotatable bonds is 6. The maximum atomic E-state index is 5.19. The van der Waals surface area contributed by atoms with Gasteiger partial charge in [-0.2, -0.15) is 4.98 Å². The maximum absolute atomic E-state index is 5.19. The van der Waals surface area contributed by atoms with Crippen LogP contribution < -0.4 is 10.6 Å². The van der Waals surface area contributed by atoms with Crippen LogP contribution in [0.5, 0.6) is 0 Å². The van der Waals surface area contributed by atoms with Crippen LogP contribution in [-0.4, -0.2) is 36.2 Å². The van der Waals surface area contributed by atoms with E-state index in [1.165, 1.54) is 12.8 Å². The molecule has 1 aliphatic rings. The lowest BCUT2D eigenvalue weighted by Crippen LogP contribution is -2.39. The van der Waals surface area contributed by atoms with Gasteiger partial charge < -0.3 is 15.2 Å². The van der Waals surface area contributed by atoms with E-state index in [-0.39, 0.29) is 0 Å². The summed E-state index contributed by atoms with van der Waals surface area (Å²) in [4.78, 5) is 8.52. The molecule has 0 amide bonds. The first kappa shape index (κ1) is 13.8. The van der Waals surface area contributed by atoms with E-state index in [2.05, 4.69) is 39.6 Å². The average Bonchev–Trinajstić information content (AvgIpc) is 3.10. The standard InChI is InChI=1S/C13H23N5O/c1-9(2)12-17-11(19-18-12)6-7-15-13(14-3)16-8-10-4-5-10/h9-10H,4-8H2,1-3H3,(H2,14,15,16). The first-order valence-electron chi connectivity index (χ1n) is 6.96. The predicted molar refractivity (Wildman–Crippen MR) is 74.2 cm³/mol. The van der Waals surface area contributed by atoms with Crippen LogP contribution in [0, 0.1) is 5.92 Å². The molecule has 1 aliphatic carbocycles. The van der Waals surface area contributed by atoms with Gasteiger partial charge in [-0.15, -0.1) is 0 Å². The van der Waals surface area contributed by atoms with E-state index in [0.717, 1.165) is 30.8 Å². The predicted octanol–water partition coefficient (Wildman–Crippen LogP) is 1.31. The van der Waals surface area contributed by atoms with Gasteiger partial charge in [0.1, 0.15) is 0 Å². The second-order valence-corrected chi connectivity index (χ2v) is 5.27. The molecular weight excluding hydrogens is 242 g/mol. The van der Waals surface area contributed by atoms with Crippen molar-refractivity contribution in [2.75, 3.05) is 20.1 Å². The van der Waals surface area contributed by atoms with E-state index in [1.54, 1.807) is 7.05 Å². The van der Waals surface area contributed by atoms with E-state index in [0.29, 0.717) is 18.2 Å². The fourth-order valence-electron chi connectivity index (χ4n) is 1.68. The van der Waals surface area contributed by atoms with Crippen LogP contribution in [0.3, 0.4) is 0 Å². The molecule has 0 aliphatic heterocycles. The van der Waals surface area contributed by atoms with E-state index >= 15 is 0 Å². The van der Waals surface area contributed by atoms with Gasteiger partial charge in [0.15, 0.2) is 11.8 Å². The number of guanidine groups is 1. The lowest BCUT2D eigenvalue weighted by Gasteiger charge is -2.10. The molecule has 0 radical (unpaired) electrons. The first-order valence-corrected chi connectivity index (χ1v) is 6.96. The van der Waals surface area contributed by atoms with Crippen molar-refractivity contribution >= 4 is 5.96 Å². The Bertz CT molecular complexity index is 422. The van der Waals surface area contributed by atoms with Gasteiger partial charge in [0.2, 0.25) is 5.89 Å². The van der Waals surface area contributed by atoms with E-state index in [9.17, 15) is 0 Å². The van der Waals surface area contributed by atoms with Crippen LogP contribution in [0.15, 0.2) is 9.52 Å². The summed E-state index contributed by atoms with van der Waals surface area (Å²) in [5.41, 5.74) is 0. The lowest BCUT2D eigenvalue weighted by molar-refractivity contribution is 0.371. The Hall–Kier alpha value is -1.59. The van der Waals surface area contributed by atoms with Crippen molar-refractivity contribution < 1.29 is 4.52 Å². The zero-order valence-corrected chi connectivity index (χ0v) is 11.9. The van der Waals surface area contributed by atoms with Crippen LogP contribution in [-0.2, 0) is 6.42 Å². The van der Waals surface area contributed by atoms with Crippen LogP contribution in [0.2, 0.25) is 0 Å². The number of nitrogens with one attached hydrogen (secondary N) is 2. The smallest absolute Gasteiger partial charge is 0.228 e. The molecule has 0 unspecified atom stereocenters. The summed E-state index contributed by atoms with van der Waals surface area (Å²) in [6, 6.07) is 0. The largest absolute Gasteiger partial charge is 0.356 e. The SMILES string of the molecule is CN=C(NCCc1nc(C(C)C)no1)NCC1CC1. The van der Waals surface area contributed by atoms with Crippen LogP contribution >= 0.6 is 0 Å². The van der Waals surface area contributed by atoms with Gasteiger partial charge in [0, 0.05) is 32.5 Å². The van der Waals surface area contributed by atoms with Gasteiger partial charge in [-0.05, 0) is 18.8 Å². The summed E-state index contributed by atoms with van der Waals surface area (Å²) < 4.78 is 5.19. The molecule has 1 fully saturated rings. The summed E-state index contributed by atoms with van der Waals surface area (Å²) in [6.45, 7) is 5.86. The molecule has 6 nitrogen and oxygen atoms in total. The molecule has 1 heterocycles. The third kappa shape index (κ3) is 4.54.